The molecule has 1 N–H and O–H groups in total. The molecular weight excluding hydrogens is 517 g/mol. The SMILES string of the molecule is CCOC(=O)c1c(C)[nH]c(/C=C2\SC(=Nc3cccc(Cl)c3C)N(c3cccc(Cl)c3C)C2=O)c1C. The van der Waals surface area contributed by atoms with Gasteiger partial charge in [0.05, 0.1) is 28.5 Å². The first kappa shape index (κ1) is 26.1. The number of aryl methyl sites for hydroxylation is 1. The van der Waals surface area contributed by atoms with E-state index in [4.69, 9.17) is 32.9 Å². The Morgan fingerprint density at radius 3 is 2.42 bits per heavy atom. The number of carbonyl (C=O) groups is 2. The summed E-state index contributed by atoms with van der Waals surface area (Å²) in [6.07, 6.45) is 1.75. The maximum atomic E-state index is 13.7. The van der Waals surface area contributed by atoms with Gasteiger partial charge in [-0.3, -0.25) is 9.69 Å². The number of ether oxygens (including phenoxy) is 1. The molecule has 0 aliphatic carbocycles. The van der Waals surface area contributed by atoms with Gasteiger partial charge in [0, 0.05) is 21.4 Å². The number of anilines is 1. The quantitative estimate of drug-likeness (QED) is 0.267. The van der Waals surface area contributed by atoms with Crippen LogP contribution in [0.15, 0.2) is 46.3 Å². The molecule has 1 aliphatic rings. The van der Waals surface area contributed by atoms with Gasteiger partial charge < -0.3 is 9.72 Å². The molecule has 186 valence electrons. The van der Waals surface area contributed by atoms with Crippen LogP contribution in [0.3, 0.4) is 0 Å². The lowest BCUT2D eigenvalue weighted by Gasteiger charge is -2.19. The summed E-state index contributed by atoms with van der Waals surface area (Å²) in [6, 6.07) is 10.9. The molecule has 0 bridgehead atoms. The van der Waals surface area contributed by atoms with Gasteiger partial charge in [-0.05, 0) is 93.4 Å². The molecule has 1 fully saturated rings. The molecule has 1 amide bonds. The minimum Gasteiger partial charge on any atom is -0.462 e. The van der Waals surface area contributed by atoms with Crippen molar-refractivity contribution in [3.63, 3.8) is 0 Å². The van der Waals surface area contributed by atoms with E-state index >= 15 is 0 Å². The number of aromatic amines is 1. The molecule has 2 aromatic carbocycles. The fourth-order valence-corrected chi connectivity index (χ4v) is 5.29. The number of amides is 1. The zero-order chi connectivity index (χ0) is 26.1. The molecule has 1 aromatic heterocycles. The molecule has 9 heteroatoms. The lowest BCUT2D eigenvalue weighted by Crippen LogP contribution is -2.29. The summed E-state index contributed by atoms with van der Waals surface area (Å²) in [5.41, 5.74) is 5.43. The number of nitrogens with one attached hydrogen (secondary N) is 1. The van der Waals surface area contributed by atoms with Crippen molar-refractivity contribution in [3.8, 4) is 0 Å². The van der Waals surface area contributed by atoms with Gasteiger partial charge in [-0.15, -0.1) is 0 Å². The fourth-order valence-electron chi connectivity index (χ4n) is 3.98. The van der Waals surface area contributed by atoms with E-state index in [1.165, 1.54) is 11.8 Å². The number of nitrogens with zero attached hydrogens (tertiary/aromatic N) is 2. The zero-order valence-corrected chi connectivity index (χ0v) is 22.9. The van der Waals surface area contributed by atoms with Crippen LogP contribution in [0.2, 0.25) is 10.0 Å². The highest BCUT2D eigenvalue weighted by Gasteiger charge is 2.36. The number of benzene rings is 2. The van der Waals surface area contributed by atoms with E-state index in [0.717, 1.165) is 11.1 Å². The van der Waals surface area contributed by atoms with Gasteiger partial charge in [0.1, 0.15) is 0 Å². The molecule has 3 aromatic rings. The second kappa shape index (κ2) is 10.5. The van der Waals surface area contributed by atoms with Crippen molar-refractivity contribution < 1.29 is 14.3 Å². The standard InChI is InChI=1S/C27H25Cl2N3O3S/c1-6-35-26(34)24-16(4)21(30-17(24)5)13-23-25(33)32(22-12-8-10-19(29)15(22)3)27(36-23)31-20-11-7-9-18(28)14(20)2/h7-13,30H,6H2,1-5H3/b23-13-,31-27?. The third-order valence-corrected chi connectivity index (χ3v) is 7.76. The van der Waals surface area contributed by atoms with Crippen LogP contribution in [-0.4, -0.2) is 28.6 Å². The second-order valence-electron chi connectivity index (χ2n) is 8.30. The number of amidine groups is 1. The second-order valence-corrected chi connectivity index (χ2v) is 10.1. The Kier molecular flexibility index (Phi) is 7.64. The van der Waals surface area contributed by atoms with Crippen LogP contribution >= 0.6 is 35.0 Å². The molecule has 1 aliphatic heterocycles. The summed E-state index contributed by atoms with van der Waals surface area (Å²) in [4.78, 5) is 36.2. The van der Waals surface area contributed by atoms with Gasteiger partial charge in [0.15, 0.2) is 5.17 Å². The van der Waals surface area contributed by atoms with E-state index < -0.39 is 5.97 Å². The number of rotatable bonds is 5. The summed E-state index contributed by atoms with van der Waals surface area (Å²) in [6.45, 7) is 9.43. The van der Waals surface area contributed by atoms with Gasteiger partial charge in [0.2, 0.25) is 0 Å². The van der Waals surface area contributed by atoms with Crippen LogP contribution in [0.1, 0.15) is 45.4 Å². The average Bonchev–Trinajstić information content (AvgIpc) is 3.28. The Balaban J connectivity index is 1.84. The summed E-state index contributed by atoms with van der Waals surface area (Å²) < 4.78 is 5.20. The minimum absolute atomic E-state index is 0.242. The molecule has 36 heavy (non-hydrogen) atoms. The zero-order valence-electron chi connectivity index (χ0n) is 20.5. The monoisotopic (exact) mass is 541 g/mol. The van der Waals surface area contributed by atoms with Gasteiger partial charge in [-0.25, -0.2) is 9.79 Å². The van der Waals surface area contributed by atoms with Crippen molar-refractivity contribution in [1.29, 1.82) is 0 Å². The minimum atomic E-state index is -0.395. The van der Waals surface area contributed by atoms with E-state index in [1.807, 2.05) is 39.0 Å². The largest absolute Gasteiger partial charge is 0.462 e. The van der Waals surface area contributed by atoms with Crippen molar-refractivity contribution in [2.45, 2.75) is 34.6 Å². The van der Waals surface area contributed by atoms with Crippen LogP contribution in [0.4, 0.5) is 11.4 Å². The first-order valence-corrected chi connectivity index (χ1v) is 12.9. The number of hydrogen-bond acceptors (Lipinski definition) is 5. The number of halogens is 2. The fraction of sp³-hybridized carbons (Fsp3) is 0.222. The van der Waals surface area contributed by atoms with E-state index in [9.17, 15) is 9.59 Å². The lowest BCUT2D eigenvalue weighted by atomic mass is 10.1. The summed E-state index contributed by atoms with van der Waals surface area (Å²) in [5, 5.41) is 1.63. The lowest BCUT2D eigenvalue weighted by molar-refractivity contribution is -0.113. The number of H-pyrrole nitrogens is 1. The van der Waals surface area contributed by atoms with Crippen LogP contribution in [0, 0.1) is 27.7 Å². The normalized spacial score (nSPS) is 15.9. The Morgan fingerprint density at radius 2 is 1.72 bits per heavy atom. The van der Waals surface area contributed by atoms with Crippen molar-refractivity contribution in [3.05, 3.63) is 85.0 Å². The van der Waals surface area contributed by atoms with Crippen molar-refractivity contribution in [2.24, 2.45) is 4.99 Å². The Labute approximate surface area is 224 Å². The number of hydrogen-bond donors (Lipinski definition) is 1. The summed E-state index contributed by atoms with van der Waals surface area (Å²) in [5.74, 6) is -0.637. The van der Waals surface area contributed by atoms with E-state index in [0.29, 0.717) is 54.0 Å². The highest BCUT2D eigenvalue weighted by molar-refractivity contribution is 8.19. The predicted octanol–water partition coefficient (Wildman–Crippen LogP) is 7.54. The van der Waals surface area contributed by atoms with Gasteiger partial charge in [-0.2, -0.15) is 0 Å². The van der Waals surface area contributed by atoms with E-state index in [-0.39, 0.29) is 12.5 Å². The number of esters is 1. The Morgan fingerprint density at radius 1 is 1.06 bits per heavy atom. The molecule has 0 radical (unpaired) electrons. The predicted molar refractivity (Wildman–Crippen MR) is 149 cm³/mol. The molecule has 4 rings (SSSR count). The number of aliphatic imine (C=N–C) groups is 1. The van der Waals surface area contributed by atoms with Crippen molar-refractivity contribution in [2.75, 3.05) is 11.5 Å². The third kappa shape index (κ3) is 4.83. The first-order valence-electron chi connectivity index (χ1n) is 11.3. The molecule has 1 saturated heterocycles. The highest BCUT2D eigenvalue weighted by atomic mass is 35.5. The Bertz CT molecular complexity index is 1440. The van der Waals surface area contributed by atoms with Gasteiger partial charge in [-0.1, -0.05) is 35.3 Å². The average molecular weight is 542 g/mol. The topological polar surface area (TPSA) is 74.8 Å². The molecular formula is C27H25Cl2N3O3S. The highest BCUT2D eigenvalue weighted by Crippen LogP contribution is 2.41. The van der Waals surface area contributed by atoms with Crippen LogP contribution < -0.4 is 4.90 Å². The molecule has 2 heterocycles. The molecule has 0 atom stereocenters. The van der Waals surface area contributed by atoms with E-state index in [1.54, 1.807) is 43.0 Å². The Hall–Kier alpha value is -3.00. The number of aromatic nitrogens is 1. The molecule has 0 unspecified atom stereocenters. The van der Waals surface area contributed by atoms with Gasteiger partial charge >= 0.3 is 5.97 Å². The molecule has 6 nitrogen and oxygen atoms in total. The van der Waals surface area contributed by atoms with Crippen molar-refractivity contribution in [1.82, 2.24) is 4.98 Å². The van der Waals surface area contributed by atoms with Crippen molar-refractivity contribution >= 4 is 69.5 Å². The smallest absolute Gasteiger partial charge is 0.340 e. The third-order valence-electron chi connectivity index (χ3n) is 5.97. The maximum Gasteiger partial charge on any atom is 0.340 e. The summed E-state index contributed by atoms with van der Waals surface area (Å²) >= 11 is 14.0. The van der Waals surface area contributed by atoms with Gasteiger partial charge in [0.25, 0.3) is 5.91 Å². The van der Waals surface area contributed by atoms with E-state index in [2.05, 4.69) is 4.98 Å². The summed E-state index contributed by atoms with van der Waals surface area (Å²) in [7, 11) is 0. The molecule has 0 spiro atoms. The molecule has 0 saturated carbocycles. The number of thioether (sulfide) groups is 1. The van der Waals surface area contributed by atoms with Crippen LogP contribution in [0.25, 0.3) is 6.08 Å². The first-order chi connectivity index (χ1) is 17.1. The maximum absolute atomic E-state index is 13.7. The van der Waals surface area contributed by atoms with Crippen LogP contribution in [-0.2, 0) is 9.53 Å². The van der Waals surface area contributed by atoms with Crippen LogP contribution in [0.5, 0.6) is 0 Å². The number of carbonyl (C=O) groups excluding carboxylic acids is 2.